The fourth-order valence-corrected chi connectivity index (χ4v) is 5.95. The Hall–Kier alpha value is -2.86. The van der Waals surface area contributed by atoms with Crippen molar-refractivity contribution in [2.75, 3.05) is 0 Å². The molecule has 2 unspecified atom stereocenters. The minimum Gasteiger partial charge on any atom is -0.0950 e. The molecule has 5 rings (SSSR count). The van der Waals surface area contributed by atoms with Gasteiger partial charge in [-0.25, -0.2) is 0 Å². The molecule has 0 aromatic heterocycles. The molecule has 0 saturated heterocycles. The molecule has 2 atom stereocenters. The van der Waals surface area contributed by atoms with E-state index in [1.807, 2.05) is 0 Å². The summed E-state index contributed by atoms with van der Waals surface area (Å²) in [7, 11) is 0. The first-order chi connectivity index (χ1) is 16.5. The number of fused-ring (bicyclic) bond motifs is 1. The summed E-state index contributed by atoms with van der Waals surface area (Å²) in [6.45, 7) is 11.2. The zero-order valence-corrected chi connectivity index (χ0v) is 21.1. The molecule has 0 amide bonds. The first-order valence-corrected chi connectivity index (χ1v) is 13.2. The predicted octanol–water partition coefficient (Wildman–Crippen LogP) is 9.48. The monoisotopic (exact) mass is 446 g/mol. The Bertz CT molecular complexity index is 1210. The maximum Gasteiger partial charge on any atom is -0.00254 e. The van der Waals surface area contributed by atoms with Gasteiger partial charge in [0.1, 0.15) is 0 Å². The average Bonchev–Trinajstić information content (AvgIpc) is 3.33. The van der Waals surface area contributed by atoms with Gasteiger partial charge in [-0.2, -0.15) is 0 Å². The lowest BCUT2D eigenvalue weighted by Crippen LogP contribution is -2.15. The second kappa shape index (κ2) is 9.79. The summed E-state index contributed by atoms with van der Waals surface area (Å²) in [5, 5.41) is 0. The number of hydrogen-bond donors (Lipinski definition) is 0. The predicted molar refractivity (Wildman–Crippen MR) is 148 cm³/mol. The van der Waals surface area contributed by atoms with Gasteiger partial charge in [-0.3, -0.25) is 0 Å². The van der Waals surface area contributed by atoms with Crippen LogP contribution in [0.1, 0.15) is 85.8 Å². The van der Waals surface area contributed by atoms with Crippen molar-refractivity contribution in [3.8, 4) is 11.1 Å². The van der Waals surface area contributed by atoms with Crippen molar-refractivity contribution in [1.82, 2.24) is 0 Å². The number of allylic oxidation sites excluding steroid dienone is 2. The molecule has 0 N–H and O–H groups in total. The van der Waals surface area contributed by atoms with Gasteiger partial charge in [0.05, 0.1) is 0 Å². The molecule has 1 fully saturated rings. The second-order valence-electron chi connectivity index (χ2n) is 10.9. The second-order valence-corrected chi connectivity index (χ2v) is 10.9. The van der Waals surface area contributed by atoms with Crippen molar-refractivity contribution >= 4 is 11.6 Å². The molecule has 0 heteroatoms. The molecule has 34 heavy (non-hydrogen) atoms. The van der Waals surface area contributed by atoms with E-state index in [1.165, 1.54) is 70.2 Å². The molecule has 1 saturated carbocycles. The fraction of sp³-hybridized carbons (Fsp3) is 0.353. The van der Waals surface area contributed by atoms with E-state index in [4.69, 9.17) is 0 Å². The number of hydrogen-bond acceptors (Lipinski definition) is 0. The molecule has 2 aliphatic carbocycles. The van der Waals surface area contributed by atoms with E-state index >= 15 is 0 Å². The van der Waals surface area contributed by atoms with E-state index in [0.717, 1.165) is 18.8 Å². The van der Waals surface area contributed by atoms with E-state index in [1.54, 1.807) is 5.56 Å². The average molecular weight is 447 g/mol. The molecule has 3 aromatic carbocycles. The zero-order chi connectivity index (χ0) is 23.7. The van der Waals surface area contributed by atoms with E-state index in [-0.39, 0.29) is 0 Å². The minimum absolute atomic E-state index is 0.476. The van der Waals surface area contributed by atoms with Gasteiger partial charge in [0.15, 0.2) is 0 Å². The van der Waals surface area contributed by atoms with E-state index in [0.29, 0.717) is 11.8 Å². The van der Waals surface area contributed by atoms with Gasteiger partial charge in [0.2, 0.25) is 0 Å². The lowest BCUT2D eigenvalue weighted by atomic mass is 9.75. The summed E-state index contributed by atoms with van der Waals surface area (Å²) < 4.78 is 0. The summed E-state index contributed by atoms with van der Waals surface area (Å²) in [4.78, 5) is 0. The molecule has 3 aromatic rings. The molecular formula is C34H38. The van der Waals surface area contributed by atoms with Gasteiger partial charge in [0.25, 0.3) is 0 Å². The zero-order valence-electron chi connectivity index (χ0n) is 21.1. The van der Waals surface area contributed by atoms with Gasteiger partial charge in [-0.05, 0) is 87.1 Å². The van der Waals surface area contributed by atoms with Crippen LogP contribution in [-0.4, -0.2) is 0 Å². The Morgan fingerprint density at radius 2 is 1.74 bits per heavy atom. The molecule has 0 heterocycles. The lowest BCUT2D eigenvalue weighted by Gasteiger charge is -2.30. The molecule has 0 spiro atoms. The van der Waals surface area contributed by atoms with Crippen molar-refractivity contribution in [3.63, 3.8) is 0 Å². The van der Waals surface area contributed by atoms with Crippen LogP contribution in [0.3, 0.4) is 0 Å². The first kappa shape index (κ1) is 22.9. The Morgan fingerprint density at radius 1 is 0.941 bits per heavy atom. The Kier molecular flexibility index (Phi) is 6.59. The first-order valence-electron chi connectivity index (χ1n) is 13.2. The van der Waals surface area contributed by atoms with Crippen LogP contribution >= 0.6 is 0 Å². The highest BCUT2D eigenvalue weighted by molar-refractivity contribution is 5.80. The Morgan fingerprint density at radius 3 is 2.50 bits per heavy atom. The van der Waals surface area contributed by atoms with Crippen molar-refractivity contribution in [2.24, 2.45) is 11.8 Å². The maximum absolute atomic E-state index is 4.28. The van der Waals surface area contributed by atoms with Gasteiger partial charge >= 0.3 is 0 Å². The summed E-state index contributed by atoms with van der Waals surface area (Å²) in [6, 6.07) is 23.4. The summed E-state index contributed by atoms with van der Waals surface area (Å²) in [5.74, 6) is 1.92. The summed E-state index contributed by atoms with van der Waals surface area (Å²) in [6.07, 6.45) is 12.1. The highest BCUT2D eigenvalue weighted by atomic mass is 14.3. The van der Waals surface area contributed by atoms with Crippen LogP contribution in [-0.2, 0) is 12.8 Å². The summed E-state index contributed by atoms with van der Waals surface area (Å²) in [5.41, 5.74) is 12.5. The molecule has 0 bridgehead atoms. The standard InChI is InChI=1S/C34H38/c1-23(2)25(4)28-17-15-26(16-18-28)19-27-20-30(32-12-6-5-9-24(32)3)22-31(21-27)34-14-8-11-29-10-7-13-33(29)34/h7-8,11,13-18,20-24,32H,4-6,9-10,12,19H2,1-3H3. The highest BCUT2D eigenvalue weighted by Crippen LogP contribution is 2.40. The molecule has 0 nitrogen and oxygen atoms in total. The third-order valence-corrected chi connectivity index (χ3v) is 8.11. The topological polar surface area (TPSA) is 0 Å². The Labute approximate surface area is 206 Å². The third-order valence-electron chi connectivity index (χ3n) is 8.11. The van der Waals surface area contributed by atoms with Crippen molar-refractivity contribution < 1.29 is 0 Å². The van der Waals surface area contributed by atoms with E-state index in [2.05, 4.69) is 100 Å². The molecule has 2 aliphatic rings. The van der Waals surface area contributed by atoms with Crippen LogP contribution in [0.5, 0.6) is 0 Å². The van der Waals surface area contributed by atoms with Gasteiger partial charge in [-0.15, -0.1) is 0 Å². The smallest absolute Gasteiger partial charge is 0.00254 e. The molecule has 0 aliphatic heterocycles. The molecular weight excluding hydrogens is 408 g/mol. The van der Waals surface area contributed by atoms with Crippen molar-refractivity contribution in [1.29, 1.82) is 0 Å². The number of rotatable bonds is 6. The highest BCUT2D eigenvalue weighted by Gasteiger charge is 2.24. The SMILES string of the molecule is C=C(c1ccc(Cc2cc(-c3cccc4c3C=CC4)cc(C3CCCCC3C)c2)cc1)C(C)C. The maximum atomic E-state index is 4.28. The molecule has 0 radical (unpaired) electrons. The normalized spacial score (nSPS) is 19.4. The van der Waals surface area contributed by atoms with Crippen LogP contribution in [0.2, 0.25) is 0 Å². The molecule has 174 valence electrons. The van der Waals surface area contributed by atoms with E-state index in [9.17, 15) is 0 Å². The Balaban J connectivity index is 1.52. The van der Waals surface area contributed by atoms with Gasteiger partial charge in [-0.1, -0.05) is 119 Å². The largest absolute Gasteiger partial charge is 0.0950 e. The van der Waals surface area contributed by atoms with Crippen LogP contribution < -0.4 is 0 Å². The van der Waals surface area contributed by atoms with Crippen LogP contribution in [0.15, 0.2) is 73.3 Å². The lowest BCUT2D eigenvalue weighted by molar-refractivity contribution is 0.330. The van der Waals surface area contributed by atoms with Gasteiger partial charge in [0, 0.05) is 0 Å². The number of benzene rings is 3. The van der Waals surface area contributed by atoms with Crippen LogP contribution in [0.4, 0.5) is 0 Å². The van der Waals surface area contributed by atoms with Crippen LogP contribution in [0, 0.1) is 11.8 Å². The van der Waals surface area contributed by atoms with Crippen LogP contribution in [0.25, 0.3) is 22.8 Å². The minimum atomic E-state index is 0.476. The van der Waals surface area contributed by atoms with Gasteiger partial charge < -0.3 is 0 Å². The van der Waals surface area contributed by atoms with Crippen molar-refractivity contribution in [3.05, 3.63) is 107 Å². The fourth-order valence-electron chi connectivity index (χ4n) is 5.95. The quantitative estimate of drug-likeness (QED) is 0.354. The third kappa shape index (κ3) is 4.69. The van der Waals surface area contributed by atoms with Crippen molar-refractivity contribution in [2.45, 2.75) is 65.2 Å². The van der Waals surface area contributed by atoms with E-state index < -0.39 is 0 Å². The summed E-state index contributed by atoms with van der Waals surface area (Å²) >= 11 is 0.